The van der Waals surface area contributed by atoms with Crippen molar-refractivity contribution in [1.82, 2.24) is 9.97 Å². The number of aromatic nitrogens is 2. The highest BCUT2D eigenvalue weighted by Gasteiger charge is 2.36. The lowest BCUT2D eigenvalue weighted by atomic mass is 9.79. The summed E-state index contributed by atoms with van der Waals surface area (Å²) >= 11 is 1.84. The van der Waals surface area contributed by atoms with E-state index in [0.717, 1.165) is 33.5 Å². The Morgan fingerprint density at radius 2 is 1.22 bits per heavy atom. The van der Waals surface area contributed by atoms with Gasteiger partial charge in [-0.15, -0.1) is 11.3 Å². The molecule has 0 aliphatic heterocycles. The number of rotatable bonds is 2. The summed E-state index contributed by atoms with van der Waals surface area (Å²) in [6, 6.07) is 53.2. The number of hydrogen-bond donors (Lipinski definition) is 0. The molecule has 2 heterocycles. The van der Waals surface area contributed by atoms with Crippen molar-refractivity contribution < 1.29 is 0 Å². The van der Waals surface area contributed by atoms with Crippen LogP contribution in [0.15, 0.2) is 146 Å². The van der Waals surface area contributed by atoms with Gasteiger partial charge >= 0.3 is 0 Å². The van der Waals surface area contributed by atoms with Crippen LogP contribution in [0.1, 0.15) is 25.0 Å². The fourth-order valence-corrected chi connectivity index (χ4v) is 9.97. The monoisotopic (exact) mass is 654 g/mol. The topological polar surface area (TPSA) is 25.8 Å². The normalized spacial score (nSPS) is 13.6. The van der Waals surface area contributed by atoms with Crippen LogP contribution >= 0.6 is 11.3 Å². The second-order valence-corrected chi connectivity index (χ2v) is 15.2. The van der Waals surface area contributed by atoms with E-state index in [1.807, 2.05) is 11.3 Å². The van der Waals surface area contributed by atoms with Crippen LogP contribution in [0.3, 0.4) is 0 Å². The Balaban J connectivity index is 1.12. The Morgan fingerprint density at radius 3 is 2.16 bits per heavy atom. The molecule has 1 aliphatic carbocycles. The van der Waals surface area contributed by atoms with Gasteiger partial charge in [0.15, 0.2) is 5.82 Å². The zero-order valence-corrected chi connectivity index (χ0v) is 28.5. The fraction of sp³-hybridized carbons (Fsp3) is 0.0638. The predicted octanol–water partition coefficient (Wildman–Crippen LogP) is 13.1. The maximum absolute atomic E-state index is 5.35. The highest BCUT2D eigenvalue weighted by molar-refractivity contribution is 7.26. The Labute approximate surface area is 293 Å². The van der Waals surface area contributed by atoms with Gasteiger partial charge in [0.2, 0.25) is 0 Å². The molecule has 0 bridgehead atoms. The summed E-state index contributed by atoms with van der Waals surface area (Å²) < 4.78 is 2.55. The van der Waals surface area contributed by atoms with Crippen LogP contribution in [0.5, 0.6) is 0 Å². The molecule has 50 heavy (non-hydrogen) atoms. The first kappa shape index (κ1) is 28.0. The molecule has 0 unspecified atom stereocenters. The van der Waals surface area contributed by atoms with Crippen LogP contribution in [0.25, 0.3) is 97.2 Å². The molecule has 234 valence electrons. The van der Waals surface area contributed by atoms with Crippen molar-refractivity contribution in [2.45, 2.75) is 19.3 Å². The van der Waals surface area contributed by atoms with E-state index >= 15 is 0 Å². The second kappa shape index (κ2) is 10.1. The largest absolute Gasteiger partial charge is 0.228 e. The van der Waals surface area contributed by atoms with E-state index < -0.39 is 0 Å². The van der Waals surface area contributed by atoms with Crippen molar-refractivity contribution in [2.75, 3.05) is 0 Å². The van der Waals surface area contributed by atoms with Crippen molar-refractivity contribution in [3.05, 3.63) is 157 Å². The van der Waals surface area contributed by atoms with Gasteiger partial charge in [0.25, 0.3) is 0 Å². The molecule has 2 nitrogen and oxygen atoms in total. The highest BCUT2D eigenvalue weighted by Crippen LogP contribution is 2.52. The quantitative estimate of drug-likeness (QED) is 0.173. The third-order valence-electron chi connectivity index (χ3n) is 11.0. The lowest BCUT2D eigenvalue weighted by molar-refractivity contribution is 0.666. The van der Waals surface area contributed by atoms with E-state index in [1.165, 1.54) is 74.7 Å². The fourth-order valence-electron chi connectivity index (χ4n) is 8.75. The zero-order valence-electron chi connectivity index (χ0n) is 27.7. The number of para-hydroxylation sites is 1. The van der Waals surface area contributed by atoms with Crippen LogP contribution < -0.4 is 0 Å². The molecule has 0 amide bonds. The molecular weight excluding hydrogens is 625 g/mol. The van der Waals surface area contributed by atoms with E-state index in [1.54, 1.807) is 0 Å². The lowest BCUT2D eigenvalue weighted by Crippen LogP contribution is -2.15. The molecule has 10 aromatic rings. The van der Waals surface area contributed by atoms with Gasteiger partial charge in [0, 0.05) is 42.1 Å². The Bertz CT molecular complexity index is 3080. The van der Waals surface area contributed by atoms with Gasteiger partial charge in [-0.1, -0.05) is 141 Å². The third-order valence-corrected chi connectivity index (χ3v) is 12.3. The van der Waals surface area contributed by atoms with Gasteiger partial charge < -0.3 is 0 Å². The molecule has 0 fully saturated rings. The van der Waals surface area contributed by atoms with Crippen LogP contribution in [0, 0.1) is 0 Å². The Hall–Kier alpha value is -5.90. The summed E-state index contributed by atoms with van der Waals surface area (Å²) in [5.74, 6) is 0.745. The van der Waals surface area contributed by atoms with E-state index in [-0.39, 0.29) is 5.41 Å². The molecule has 0 spiro atoms. The molecule has 0 saturated heterocycles. The average Bonchev–Trinajstić information content (AvgIpc) is 3.66. The first-order valence-corrected chi connectivity index (χ1v) is 18.1. The minimum atomic E-state index is -0.0673. The molecular formula is C47H30N2S. The molecule has 2 aromatic heterocycles. The van der Waals surface area contributed by atoms with Crippen LogP contribution in [-0.2, 0) is 5.41 Å². The molecule has 0 radical (unpaired) electrons. The predicted molar refractivity (Wildman–Crippen MR) is 213 cm³/mol. The summed E-state index contributed by atoms with van der Waals surface area (Å²) in [6.45, 7) is 4.74. The SMILES string of the molecule is CC1(C)c2ccccc2-c2ccc3c(ccc4ccc5cc(-c6nc(-c7cccc8c7sc7ccccc78)c7ccccc7n6)ccc5c43)c21. The second-order valence-electron chi connectivity index (χ2n) is 14.1. The minimum absolute atomic E-state index is 0.0673. The number of nitrogens with zero attached hydrogens (tertiary/aromatic N) is 2. The van der Waals surface area contributed by atoms with Crippen LogP contribution in [-0.4, -0.2) is 9.97 Å². The van der Waals surface area contributed by atoms with Crippen molar-refractivity contribution in [3.8, 4) is 33.8 Å². The van der Waals surface area contributed by atoms with Gasteiger partial charge in [-0.05, 0) is 72.8 Å². The standard InChI is InChI=1S/C47H30N2S/c1-47(2)39-15-6-3-10-31(39)34-25-24-33-35(43(34)47)23-20-27-18-19-28-26-29(21-22-30(28)42(27)33)46-48-40-16-7-4-12-37(40)44(49-46)38-14-9-13-36-32-11-5-8-17-41(32)50-45(36)38/h3-26H,1-2H3. The Kier molecular flexibility index (Phi) is 5.64. The van der Waals surface area contributed by atoms with E-state index in [9.17, 15) is 0 Å². The van der Waals surface area contributed by atoms with E-state index in [0.29, 0.717) is 0 Å². The first-order chi connectivity index (χ1) is 24.5. The smallest absolute Gasteiger partial charge is 0.160 e. The number of hydrogen-bond acceptors (Lipinski definition) is 3. The summed E-state index contributed by atoms with van der Waals surface area (Å²) in [4.78, 5) is 10.5. The van der Waals surface area contributed by atoms with Crippen LogP contribution in [0.4, 0.5) is 0 Å². The van der Waals surface area contributed by atoms with Gasteiger partial charge in [0.1, 0.15) is 0 Å². The molecule has 0 saturated carbocycles. The Morgan fingerprint density at radius 1 is 0.500 bits per heavy atom. The molecule has 0 atom stereocenters. The molecule has 1 aliphatic rings. The van der Waals surface area contributed by atoms with Crippen LogP contribution in [0.2, 0.25) is 0 Å². The van der Waals surface area contributed by atoms with Gasteiger partial charge in [-0.25, -0.2) is 9.97 Å². The lowest BCUT2D eigenvalue weighted by Gasteiger charge is -2.23. The maximum Gasteiger partial charge on any atom is 0.160 e. The maximum atomic E-state index is 5.35. The number of thiophene rings is 1. The molecule has 8 aromatic carbocycles. The number of benzene rings is 8. The van der Waals surface area contributed by atoms with Crippen molar-refractivity contribution in [1.29, 1.82) is 0 Å². The van der Waals surface area contributed by atoms with Gasteiger partial charge in [0.05, 0.1) is 11.2 Å². The molecule has 3 heteroatoms. The summed E-state index contributed by atoms with van der Waals surface area (Å²) in [5, 5.41) is 11.3. The third kappa shape index (κ3) is 3.78. The number of fused-ring (bicyclic) bond motifs is 13. The van der Waals surface area contributed by atoms with Crippen molar-refractivity contribution in [2.24, 2.45) is 0 Å². The first-order valence-electron chi connectivity index (χ1n) is 17.2. The highest BCUT2D eigenvalue weighted by atomic mass is 32.1. The zero-order chi connectivity index (χ0) is 33.1. The molecule has 0 N–H and O–H groups in total. The summed E-state index contributed by atoms with van der Waals surface area (Å²) in [7, 11) is 0. The van der Waals surface area contributed by atoms with Crippen molar-refractivity contribution >= 4 is 74.7 Å². The summed E-state index contributed by atoms with van der Waals surface area (Å²) in [6.07, 6.45) is 0. The van der Waals surface area contributed by atoms with E-state index in [4.69, 9.17) is 9.97 Å². The summed E-state index contributed by atoms with van der Waals surface area (Å²) in [5.41, 5.74) is 9.58. The average molecular weight is 655 g/mol. The molecule has 11 rings (SSSR count). The van der Waals surface area contributed by atoms with Crippen molar-refractivity contribution in [3.63, 3.8) is 0 Å². The van der Waals surface area contributed by atoms with E-state index in [2.05, 4.69) is 159 Å². The minimum Gasteiger partial charge on any atom is -0.228 e. The van der Waals surface area contributed by atoms with Gasteiger partial charge in [-0.3, -0.25) is 0 Å². The van der Waals surface area contributed by atoms with Gasteiger partial charge in [-0.2, -0.15) is 0 Å².